The predicted octanol–water partition coefficient (Wildman–Crippen LogP) is 1.13. The van der Waals surface area contributed by atoms with Crippen molar-refractivity contribution in [1.82, 2.24) is 9.88 Å². The highest BCUT2D eigenvalue weighted by Crippen LogP contribution is 2.25. The van der Waals surface area contributed by atoms with Gasteiger partial charge in [0.05, 0.1) is 5.52 Å². The molecular formula is C14H19N3O2. The van der Waals surface area contributed by atoms with Gasteiger partial charge in [0.15, 0.2) is 5.58 Å². The fraction of sp³-hybridized carbons (Fsp3) is 0.500. The van der Waals surface area contributed by atoms with Crippen molar-refractivity contribution in [3.63, 3.8) is 0 Å². The summed E-state index contributed by atoms with van der Waals surface area (Å²) in [6.45, 7) is 2.14. The Morgan fingerprint density at radius 1 is 1.58 bits per heavy atom. The minimum absolute atomic E-state index is 0.000178. The van der Waals surface area contributed by atoms with Crippen LogP contribution >= 0.6 is 0 Å². The quantitative estimate of drug-likeness (QED) is 0.868. The smallest absolute Gasteiger partial charge is 0.408 e. The molecule has 5 nitrogen and oxygen atoms in total. The molecule has 0 spiro atoms. The van der Waals surface area contributed by atoms with Crippen LogP contribution in [0.15, 0.2) is 27.4 Å². The van der Waals surface area contributed by atoms with E-state index in [-0.39, 0.29) is 11.8 Å². The molecule has 102 valence electrons. The van der Waals surface area contributed by atoms with E-state index < -0.39 is 0 Å². The standard InChI is InChI=1S/C14H19N3O2/c1-17-12-3-2-10(7-13(12)19-14(17)18)11(15)6-9-4-5-16-8-9/h2-3,7,9,11,16H,4-6,8,15H2,1H3. The van der Waals surface area contributed by atoms with Crippen LogP contribution < -0.4 is 16.8 Å². The van der Waals surface area contributed by atoms with E-state index in [0.717, 1.165) is 30.6 Å². The molecule has 0 saturated carbocycles. The number of aryl methyl sites for hydroxylation is 1. The number of hydrogen-bond donors (Lipinski definition) is 2. The van der Waals surface area contributed by atoms with Gasteiger partial charge in [0.2, 0.25) is 0 Å². The van der Waals surface area contributed by atoms with Gasteiger partial charge in [-0.2, -0.15) is 0 Å². The highest BCUT2D eigenvalue weighted by molar-refractivity contribution is 5.73. The topological polar surface area (TPSA) is 73.2 Å². The summed E-state index contributed by atoms with van der Waals surface area (Å²) in [5.41, 5.74) is 8.72. The maximum absolute atomic E-state index is 11.5. The van der Waals surface area contributed by atoms with Crippen molar-refractivity contribution in [3.8, 4) is 0 Å². The van der Waals surface area contributed by atoms with Gasteiger partial charge in [-0.15, -0.1) is 0 Å². The zero-order valence-corrected chi connectivity index (χ0v) is 11.1. The van der Waals surface area contributed by atoms with Gasteiger partial charge in [-0.25, -0.2) is 4.79 Å². The van der Waals surface area contributed by atoms with Gasteiger partial charge >= 0.3 is 5.76 Å². The zero-order chi connectivity index (χ0) is 13.4. The molecule has 0 aliphatic carbocycles. The van der Waals surface area contributed by atoms with Gasteiger partial charge < -0.3 is 15.5 Å². The van der Waals surface area contributed by atoms with Gasteiger partial charge in [0, 0.05) is 13.1 Å². The van der Waals surface area contributed by atoms with Crippen LogP contribution in [0.5, 0.6) is 0 Å². The zero-order valence-electron chi connectivity index (χ0n) is 11.1. The first-order valence-electron chi connectivity index (χ1n) is 6.71. The normalized spacial score (nSPS) is 21.1. The molecule has 3 N–H and O–H groups in total. The monoisotopic (exact) mass is 261 g/mol. The predicted molar refractivity (Wildman–Crippen MR) is 74.0 cm³/mol. The Balaban J connectivity index is 1.85. The van der Waals surface area contributed by atoms with Gasteiger partial charge in [-0.05, 0) is 49.5 Å². The van der Waals surface area contributed by atoms with E-state index in [2.05, 4.69) is 5.32 Å². The average molecular weight is 261 g/mol. The number of hydrogen-bond acceptors (Lipinski definition) is 4. The van der Waals surface area contributed by atoms with Gasteiger partial charge in [0.25, 0.3) is 0 Å². The Morgan fingerprint density at radius 2 is 2.42 bits per heavy atom. The molecule has 0 radical (unpaired) electrons. The molecule has 1 aromatic carbocycles. The van der Waals surface area contributed by atoms with Gasteiger partial charge in [0.1, 0.15) is 0 Å². The molecule has 1 aromatic heterocycles. The van der Waals surface area contributed by atoms with E-state index in [1.54, 1.807) is 7.05 Å². The highest BCUT2D eigenvalue weighted by Gasteiger charge is 2.19. The molecule has 1 aliphatic heterocycles. The van der Waals surface area contributed by atoms with Crippen LogP contribution in [-0.4, -0.2) is 17.7 Å². The van der Waals surface area contributed by atoms with Crippen LogP contribution in [0.25, 0.3) is 11.1 Å². The van der Waals surface area contributed by atoms with Crippen LogP contribution in [0.3, 0.4) is 0 Å². The van der Waals surface area contributed by atoms with E-state index in [9.17, 15) is 4.79 Å². The van der Waals surface area contributed by atoms with Crippen LogP contribution in [0.2, 0.25) is 0 Å². The van der Waals surface area contributed by atoms with Crippen molar-refractivity contribution in [2.45, 2.75) is 18.9 Å². The van der Waals surface area contributed by atoms with E-state index in [4.69, 9.17) is 10.2 Å². The molecular weight excluding hydrogens is 242 g/mol. The van der Waals surface area contributed by atoms with E-state index >= 15 is 0 Å². The average Bonchev–Trinajstić information content (AvgIpc) is 2.99. The Labute approximate surface area is 111 Å². The fourth-order valence-electron chi connectivity index (χ4n) is 2.79. The summed E-state index contributed by atoms with van der Waals surface area (Å²) in [6.07, 6.45) is 2.16. The summed E-state index contributed by atoms with van der Waals surface area (Å²) in [5.74, 6) is 0.314. The molecule has 3 rings (SSSR count). The largest absolute Gasteiger partial charge is 0.419 e. The lowest BCUT2D eigenvalue weighted by Crippen LogP contribution is -2.17. The number of rotatable bonds is 3. The molecule has 19 heavy (non-hydrogen) atoms. The van der Waals surface area contributed by atoms with Crippen molar-refractivity contribution < 1.29 is 4.42 Å². The Bertz CT molecular complexity index is 638. The lowest BCUT2D eigenvalue weighted by Gasteiger charge is -2.16. The van der Waals surface area contributed by atoms with Crippen LogP contribution in [0, 0.1) is 5.92 Å². The SMILES string of the molecule is Cn1c(=O)oc2cc(C(N)CC3CCNC3)ccc21. The molecule has 2 unspecified atom stereocenters. The fourth-order valence-corrected chi connectivity index (χ4v) is 2.79. The second kappa shape index (κ2) is 4.83. The Hall–Kier alpha value is -1.59. The summed E-state index contributed by atoms with van der Waals surface area (Å²) >= 11 is 0. The molecule has 1 saturated heterocycles. The van der Waals surface area contributed by atoms with Crippen molar-refractivity contribution in [1.29, 1.82) is 0 Å². The summed E-state index contributed by atoms with van der Waals surface area (Å²) in [6, 6.07) is 5.79. The third-order valence-electron chi connectivity index (χ3n) is 3.99. The van der Waals surface area contributed by atoms with Crippen LogP contribution in [0.1, 0.15) is 24.4 Å². The van der Waals surface area contributed by atoms with Gasteiger partial charge in [-0.3, -0.25) is 4.57 Å². The summed E-state index contributed by atoms with van der Waals surface area (Å²) in [4.78, 5) is 11.5. The van der Waals surface area contributed by atoms with Crippen molar-refractivity contribution in [2.75, 3.05) is 13.1 Å². The molecule has 5 heteroatoms. The number of nitrogens with one attached hydrogen (secondary N) is 1. The maximum Gasteiger partial charge on any atom is 0.419 e. The first kappa shape index (κ1) is 12.4. The van der Waals surface area contributed by atoms with Crippen molar-refractivity contribution in [2.24, 2.45) is 18.7 Å². The lowest BCUT2D eigenvalue weighted by atomic mass is 9.94. The second-order valence-corrected chi connectivity index (χ2v) is 5.36. The summed E-state index contributed by atoms with van der Waals surface area (Å²) in [5, 5.41) is 3.35. The first-order valence-corrected chi connectivity index (χ1v) is 6.71. The number of oxazole rings is 1. The van der Waals surface area contributed by atoms with Crippen LogP contribution in [-0.2, 0) is 7.05 Å². The van der Waals surface area contributed by atoms with Crippen molar-refractivity contribution >= 4 is 11.1 Å². The molecule has 2 aromatic rings. The van der Waals surface area contributed by atoms with Crippen molar-refractivity contribution in [3.05, 3.63) is 34.3 Å². The third kappa shape index (κ3) is 2.31. The minimum atomic E-state index is -0.333. The molecule has 2 atom stereocenters. The molecule has 1 aliphatic rings. The highest BCUT2D eigenvalue weighted by atomic mass is 16.4. The summed E-state index contributed by atoms with van der Waals surface area (Å²) < 4.78 is 6.70. The molecule has 0 amide bonds. The number of benzene rings is 1. The molecule has 0 bridgehead atoms. The minimum Gasteiger partial charge on any atom is -0.408 e. The van der Waals surface area contributed by atoms with E-state index in [1.807, 2.05) is 18.2 Å². The number of nitrogens with zero attached hydrogens (tertiary/aromatic N) is 1. The summed E-state index contributed by atoms with van der Waals surface area (Å²) in [7, 11) is 1.71. The van der Waals surface area contributed by atoms with Gasteiger partial charge in [-0.1, -0.05) is 6.07 Å². The van der Waals surface area contributed by atoms with E-state index in [1.165, 1.54) is 11.0 Å². The van der Waals surface area contributed by atoms with Crippen LogP contribution in [0.4, 0.5) is 0 Å². The molecule has 2 heterocycles. The number of aromatic nitrogens is 1. The Kier molecular flexibility index (Phi) is 3.16. The Morgan fingerprint density at radius 3 is 3.16 bits per heavy atom. The number of fused-ring (bicyclic) bond motifs is 1. The molecule has 1 fully saturated rings. The maximum atomic E-state index is 11.5. The number of nitrogens with two attached hydrogens (primary N) is 1. The first-order chi connectivity index (χ1) is 9.15. The second-order valence-electron chi connectivity index (χ2n) is 5.36. The van der Waals surface area contributed by atoms with E-state index in [0.29, 0.717) is 11.5 Å². The lowest BCUT2D eigenvalue weighted by molar-refractivity contribution is 0.472. The third-order valence-corrected chi connectivity index (χ3v) is 3.99.